The number of hydrogen-bond acceptors (Lipinski definition) is 5. The molecule has 0 atom stereocenters. The fourth-order valence-electron chi connectivity index (χ4n) is 5.34. The zero-order valence-electron chi connectivity index (χ0n) is 22.2. The van der Waals surface area contributed by atoms with Crippen molar-refractivity contribution in [1.29, 1.82) is 5.26 Å². The van der Waals surface area contributed by atoms with Crippen LogP contribution in [-0.2, 0) is 13.1 Å². The standard InChI is InChI=1S/C31H39N5O/c1-3-4-5-11-18-36-24-34-29-27-13-8-7-12-26(27)25(21-28(29)30(36)37)22-35-19-15-31(23-32,16-20-35)14-9-6-10-17-33-2/h6-10,12-13,17,21,24,33H,3-5,11,14-16,18-20,22H2,1-2H3/b9-6-,17-10-. The number of fused-ring (bicyclic) bond motifs is 3. The fraction of sp³-hybridized carbons (Fsp3) is 0.452. The van der Waals surface area contributed by atoms with Crippen molar-refractivity contribution in [2.45, 2.75) is 65.0 Å². The minimum Gasteiger partial charge on any atom is -0.394 e. The third-order valence-electron chi connectivity index (χ3n) is 7.63. The number of aromatic nitrogens is 2. The highest BCUT2D eigenvalue weighted by Gasteiger charge is 2.33. The second-order valence-electron chi connectivity index (χ2n) is 10.2. The molecule has 37 heavy (non-hydrogen) atoms. The molecule has 1 saturated heterocycles. The minimum atomic E-state index is -0.304. The highest BCUT2D eigenvalue weighted by molar-refractivity contribution is 6.06. The summed E-state index contributed by atoms with van der Waals surface area (Å²) in [7, 11) is 1.87. The summed E-state index contributed by atoms with van der Waals surface area (Å²) in [6.07, 6.45) is 16.6. The number of allylic oxidation sites excluding steroid dienone is 3. The van der Waals surface area contributed by atoms with Crippen LogP contribution in [0.4, 0.5) is 0 Å². The van der Waals surface area contributed by atoms with Crippen molar-refractivity contribution in [2.24, 2.45) is 5.41 Å². The predicted molar refractivity (Wildman–Crippen MR) is 152 cm³/mol. The lowest BCUT2D eigenvalue weighted by atomic mass is 9.77. The van der Waals surface area contributed by atoms with E-state index >= 15 is 0 Å². The second-order valence-corrected chi connectivity index (χ2v) is 10.2. The van der Waals surface area contributed by atoms with Gasteiger partial charge < -0.3 is 5.32 Å². The molecule has 0 bridgehead atoms. The summed E-state index contributed by atoms with van der Waals surface area (Å²) in [6.45, 7) is 5.42. The first-order valence-corrected chi connectivity index (χ1v) is 13.6. The Morgan fingerprint density at radius 2 is 1.89 bits per heavy atom. The molecular weight excluding hydrogens is 458 g/mol. The molecule has 6 heteroatoms. The first-order valence-electron chi connectivity index (χ1n) is 13.6. The van der Waals surface area contributed by atoms with Crippen molar-refractivity contribution >= 4 is 21.7 Å². The Hall–Kier alpha value is -3.43. The van der Waals surface area contributed by atoms with E-state index in [9.17, 15) is 10.1 Å². The first kappa shape index (κ1) is 26.6. The van der Waals surface area contributed by atoms with E-state index < -0.39 is 0 Å². The van der Waals surface area contributed by atoms with Gasteiger partial charge in [0.05, 0.1) is 28.7 Å². The van der Waals surface area contributed by atoms with Crippen LogP contribution in [0.15, 0.2) is 65.9 Å². The Morgan fingerprint density at radius 1 is 1.11 bits per heavy atom. The number of likely N-dealkylation sites (tertiary alicyclic amines) is 1. The molecule has 0 aliphatic carbocycles. The summed E-state index contributed by atoms with van der Waals surface area (Å²) in [4.78, 5) is 20.6. The monoisotopic (exact) mass is 497 g/mol. The van der Waals surface area contributed by atoms with Crippen LogP contribution in [0.25, 0.3) is 21.7 Å². The van der Waals surface area contributed by atoms with Crippen LogP contribution in [0.2, 0.25) is 0 Å². The molecule has 0 saturated carbocycles. The van der Waals surface area contributed by atoms with Gasteiger partial charge in [-0.25, -0.2) is 4.98 Å². The van der Waals surface area contributed by atoms with Gasteiger partial charge in [-0.05, 0) is 55.0 Å². The van der Waals surface area contributed by atoms with Crippen LogP contribution in [0.3, 0.4) is 0 Å². The third-order valence-corrected chi connectivity index (χ3v) is 7.63. The fourth-order valence-corrected chi connectivity index (χ4v) is 5.34. The Labute approximate surface area is 220 Å². The van der Waals surface area contributed by atoms with Crippen LogP contribution in [0.1, 0.15) is 57.4 Å². The molecule has 3 aromatic rings. The molecule has 2 aromatic carbocycles. The summed E-state index contributed by atoms with van der Waals surface area (Å²) in [6, 6.07) is 13.0. The molecule has 0 amide bonds. The van der Waals surface area contributed by atoms with Crippen LogP contribution >= 0.6 is 0 Å². The predicted octanol–water partition coefficient (Wildman–Crippen LogP) is 5.92. The molecule has 194 valence electrons. The molecule has 1 aliphatic heterocycles. The zero-order valence-corrected chi connectivity index (χ0v) is 22.2. The number of nitriles is 1. The lowest BCUT2D eigenvalue weighted by Crippen LogP contribution is -2.38. The maximum Gasteiger partial charge on any atom is 0.261 e. The normalized spacial score (nSPS) is 16.1. The topological polar surface area (TPSA) is 74.0 Å². The molecule has 1 N–H and O–H groups in total. The summed E-state index contributed by atoms with van der Waals surface area (Å²) in [5.41, 5.74) is 1.69. The number of rotatable bonds is 11. The van der Waals surface area contributed by atoms with Crippen molar-refractivity contribution in [3.63, 3.8) is 0 Å². The lowest BCUT2D eigenvalue weighted by molar-refractivity contribution is 0.140. The Morgan fingerprint density at radius 3 is 2.62 bits per heavy atom. The van der Waals surface area contributed by atoms with Crippen LogP contribution in [0, 0.1) is 16.7 Å². The van der Waals surface area contributed by atoms with Crippen molar-refractivity contribution in [1.82, 2.24) is 19.8 Å². The van der Waals surface area contributed by atoms with E-state index in [2.05, 4.69) is 53.6 Å². The Kier molecular flexibility index (Phi) is 9.14. The van der Waals surface area contributed by atoms with Gasteiger partial charge in [0.25, 0.3) is 5.56 Å². The Bertz CT molecular complexity index is 1360. The number of hydrogen-bond donors (Lipinski definition) is 1. The van der Waals surface area contributed by atoms with Gasteiger partial charge in [0, 0.05) is 38.6 Å². The van der Waals surface area contributed by atoms with Gasteiger partial charge in [-0.15, -0.1) is 0 Å². The molecule has 6 nitrogen and oxygen atoms in total. The largest absolute Gasteiger partial charge is 0.394 e. The van der Waals surface area contributed by atoms with Gasteiger partial charge in [0.15, 0.2) is 0 Å². The summed E-state index contributed by atoms with van der Waals surface area (Å²) in [5.74, 6) is 0. The van der Waals surface area contributed by atoms with Gasteiger partial charge in [-0.2, -0.15) is 5.26 Å². The van der Waals surface area contributed by atoms with Gasteiger partial charge in [0.1, 0.15) is 0 Å². The molecule has 1 fully saturated rings. The van der Waals surface area contributed by atoms with Crippen LogP contribution in [-0.4, -0.2) is 34.6 Å². The van der Waals surface area contributed by atoms with Crippen LogP contribution in [0.5, 0.6) is 0 Å². The first-order chi connectivity index (χ1) is 18.1. The van der Waals surface area contributed by atoms with E-state index in [1.807, 2.05) is 31.5 Å². The van der Waals surface area contributed by atoms with Gasteiger partial charge >= 0.3 is 0 Å². The number of nitrogens with zero attached hydrogens (tertiary/aromatic N) is 4. The van der Waals surface area contributed by atoms with E-state index in [1.54, 1.807) is 10.9 Å². The van der Waals surface area contributed by atoms with Gasteiger partial charge in [-0.3, -0.25) is 14.3 Å². The van der Waals surface area contributed by atoms with Crippen LogP contribution < -0.4 is 10.9 Å². The number of nitrogens with one attached hydrogen (secondary N) is 1. The summed E-state index contributed by atoms with van der Waals surface area (Å²) >= 11 is 0. The number of benzene rings is 2. The molecule has 1 aliphatic rings. The zero-order chi connectivity index (χ0) is 26.1. The number of aryl methyl sites for hydroxylation is 1. The molecule has 0 radical (unpaired) electrons. The van der Waals surface area contributed by atoms with Crippen molar-refractivity contribution in [3.8, 4) is 6.07 Å². The van der Waals surface area contributed by atoms with E-state index in [1.165, 1.54) is 12.8 Å². The number of piperidine rings is 1. The smallest absolute Gasteiger partial charge is 0.261 e. The maximum atomic E-state index is 13.4. The quantitative estimate of drug-likeness (QED) is 0.202. The molecule has 4 rings (SSSR count). The van der Waals surface area contributed by atoms with E-state index in [-0.39, 0.29) is 11.0 Å². The van der Waals surface area contributed by atoms with E-state index in [0.717, 1.165) is 73.6 Å². The molecule has 1 aromatic heterocycles. The van der Waals surface area contributed by atoms with Crippen molar-refractivity contribution in [3.05, 3.63) is 77.0 Å². The van der Waals surface area contributed by atoms with Crippen molar-refractivity contribution < 1.29 is 0 Å². The summed E-state index contributed by atoms with van der Waals surface area (Å²) in [5, 5.41) is 15.8. The average Bonchev–Trinajstić information content (AvgIpc) is 2.93. The summed E-state index contributed by atoms with van der Waals surface area (Å²) < 4.78 is 1.78. The SMILES string of the molecule is CCCCCCn1cnc2c(cc(CN3CCC(C#N)(C/C=C\C=C/NC)CC3)c3ccccc32)c1=O. The molecular formula is C31H39N5O. The Balaban J connectivity index is 1.55. The van der Waals surface area contributed by atoms with Gasteiger partial charge in [-0.1, -0.05) is 62.6 Å². The lowest BCUT2D eigenvalue weighted by Gasteiger charge is -2.37. The number of unbranched alkanes of at least 4 members (excludes halogenated alkanes) is 3. The van der Waals surface area contributed by atoms with Crippen molar-refractivity contribution in [2.75, 3.05) is 20.1 Å². The highest BCUT2D eigenvalue weighted by Crippen LogP contribution is 2.36. The van der Waals surface area contributed by atoms with Gasteiger partial charge in [0.2, 0.25) is 0 Å². The second kappa shape index (κ2) is 12.7. The highest BCUT2D eigenvalue weighted by atomic mass is 16.1. The molecule has 2 heterocycles. The van der Waals surface area contributed by atoms with E-state index in [0.29, 0.717) is 11.9 Å². The average molecular weight is 498 g/mol. The van der Waals surface area contributed by atoms with E-state index in [4.69, 9.17) is 4.98 Å². The molecule has 0 spiro atoms. The maximum absolute atomic E-state index is 13.4. The minimum absolute atomic E-state index is 0.0507. The molecule has 0 unspecified atom stereocenters. The third kappa shape index (κ3) is 6.29.